The molecule has 0 radical (unpaired) electrons. The molecule has 0 fully saturated rings. The molecule has 1 aliphatic heterocycles. The monoisotopic (exact) mass is 267 g/mol. The number of halogens is 1. The predicted octanol–water partition coefficient (Wildman–Crippen LogP) is 2.07. The molecule has 88 valence electrons. The number of aromatic nitrogens is 3. The van der Waals surface area contributed by atoms with Crippen LogP contribution < -0.4 is 0 Å². The second-order valence-electron chi connectivity index (χ2n) is 3.86. The molecule has 2 aromatic rings. The number of fused-ring (bicyclic) bond motifs is 1. The molecule has 0 amide bonds. The highest BCUT2D eigenvalue weighted by Gasteiger charge is 2.23. The lowest BCUT2D eigenvalue weighted by Crippen LogP contribution is -2.24. The molecule has 1 aliphatic rings. The van der Waals surface area contributed by atoms with Crippen LogP contribution in [0.3, 0.4) is 0 Å². The van der Waals surface area contributed by atoms with E-state index in [-0.39, 0.29) is 6.10 Å². The molecule has 17 heavy (non-hydrogen) atoms. The van der Waals surface area contributed by atoms with E-state index in [0.29, 0.717) is 17.3 Å². The minimum atomic E-state index is -0.357. The molecule has 0 aliphatic carbocycles. The van der Waals surface area contributed by atoms with Crippen molar-refractivity contribution in [3.05, 3.63) is 29.3 Å². The van der Waals surface area contributed by atoms with Crippen molar-refractivity contribution in [2.24, 2.45) is 0 Å². The van der Waals surface area contributed by atoms with Gasteiger partial charge in [-0.3, -0.25) is 4.57 Å². The Balaban J connectivity index is 2.11. The summed E-state index contributed by atoms with van der Waals surface area (Å²) >= 11 is 7.66. The van der Waals surface area contributed by atoms with Gasteiger partial charge in [0, 0.05) is 11.3 Å². The van der Waals surface area contributed by atoms with Crippen molar-refractivity contribution in [2.75, 3.05) is 5.75 Å². The largest absolute Gasteiger partial charge is 0.390 e. The Bertz CT molecular complexity index is 557. The Hall–Kier alpha value is -1.04. The van der Waals surface area contributed by atoms with Gasteiger partial charge in [0.2, 0.25) is 0 Å². The van der Waals surface area contributed by atoms with Gasteiger partial charge in [-0.15, -0.1) is 10.2 Å². The third-order valence-corrected chi connectivity index (χ3v) is 4.07. The summed E-state index contributed by atoms with van der Waals surface area (Å²) in [6.45, 7) is 0.524. The quantitative estimate of drug-likeness (QED) is 0.859. The van der Waals surface area contributed by atoms with Gasteiger partial charge in [-0.05, 0) is 12.1 Å². The average Bonchev–Trinajstić information content (AvgIpc) is 2.72. The molecule has 1 atom stereocenters. The van der Waals surface area contributed by atoms with Crippen LogP contribution in [0, 0.1) is 0 Å². The highest BCUT2D eigenvalue weighted by atomic mass is 35.5. The van der Waals surface area contributed by atoms with E-state index in [0.717, 1.165) is 16.5 Å². The maximum atomic E-state index is 9.68. The normalized spacial score (nSPS) is 19.1. The number of rotatable bonds is 1. The minimum absolute atomic E-state index is 0.357. The van der Waals surface area contributed by atoms with Crippen LogP contribution in [0.5, 0.6) is 0 Å². The number of nitrogens with zero attached hydrogens (tertiary/aromatic N) is 3. The molecule has 3 rings (SSSR count). The molecule has 0 saturated heterocycles. The van der Waals surface area contributed by atoms with E-state index in [9.17, 15) is 5.11 Å². The molecule has 6 heteroatoms. The zero-order valence-corrected chi connectivity index (χ0v) is 10.4. The third kappa shape index (κ3) is 1.94. The lowest BCUT2D eigenvalue weighted by atomic mass is 10.2. The Labute approximate surface area is 108 Å². The van der Waals surface area contributed by atoms with E-state index in [1.165, 1.54) is 11.8 Å². The van der Waals surface area contributed by atoms with Gasteiger partial charge >= 0.3 is 0 Å². The fraction of sp³-hybridized carbons (Fsp3) is 0.273. The molecule has 2 heterocycles. The van der Waals surface area contributed by atoms with Gasteiger partial charge in [0.05, 0.1) is 17.7 Å². The lowest BCUT2D eigenvalue weighted by Gasteiger charge is -2.19. The summed E-state index contributed by atoms with van der Waals surface area (Å²) in [4.78, 5) is 0. The molecule has 0 unspecified atom stereocenters. The summed E-state index contributed by atoms with van der Waals surface area (Å²) < 4.78 is 1.92. The zero-order chi connectivity index (χ0) is 11.8. The molecule has 0 bridgehead atoms. The van der Waals surface area contributed by atoms with Crippen LogP contribution in [0.25, 0.3) is 11.4 Å². The summed E-state index contributed by atoms with van der Waals surface area (Å²) in [6, 6.07) is 7.52. The first kappa shape index (κ1) is 11.1. The Morgan fingerprint density at radius 3 is 3.00 bits per heavy atom. The summed E-state index contributed by atoms with van der Waals surface area (Å²) in [7, 11) is 0. The van der Waals surface area contributed by atoms with Crippen LogP contribution in [0.1, 0.15) is 0 Å². The predicted molar refractivity (Wildman–Crippen MR) is 67.2 cm³/mol. The number of benzene rings is 1. The lowest BCUT2D eigenvalue weighted by molar-refractivity contribution is 0.171. The third-order valence-electron chi connectivity index (χ3n) is 2.63. The van der Waals surface area contributed by atoms with E-state index >= 15 is 0 Å². The molecule has 0 spiro atoms. The summed E-state index contributed by atoms with van der Waals surface area (Å²) in [6.07, 6.45) is -0.357. The van der Waals surface area contributed by atoms with Crippen molar-refractivity contribution in [1.82, 2.24) is 14.8 Å². The fourth-order valence-corrected chi connectivity index (χ4v) is 2.92. The van der Waals surface area contributed by atoms with E-state index in [1.54, 1.807) is 0 Å². The molecule has 1 aromatic carbocycles. The summed E-state index contributed by atoms with van der Waals surface area (Å²) in [5, 5.41) is 19.4. The molecular formula is C11H10ClN3OS. The second-order valence-corrected chi connectivity index (χ2v) is 5.26. The Morgan fingerprint density at radius 1 is 1.35 bits per heavy atom. The van der Waals surface area contributed by atoms with Gasteiger partial charge in [-0.1, -0.05) is 35.5 Å². The fourth-order valence-electron chi connectivity index (χ4n) is 1.84. The summed E-state index contributed by atoms with van der Waals surface area (Å²) in [5.41, 5.74) is 0.850. The van der Waals surface area contributed by atoms with Crippen molar-refractivity contribution in [3.63, 3.8) is 0 Å². The van der Waals surface area contributed by atoms with E-state index in [1.807, 2.05) is 28.8 Å². The molecule has 1 N–H and O–H groups in total. The first-order chi connectivity index (χ1) is 8.25. The van der Waals surface area contributed by atoms with Crippen molar-refractivity contribution in [3.8, 4) is 11.4 Å². The molecule has 0 saturated carbocycles. The second kappa shape index (κ2) is 4.33. The van der Waals surface area contributed by atoms with Crippen LogP contribution in [-0.2, 0) is 6.54 Å². The Morgan fingerprint density at radius 2 is 2.18 bits per heavy atom. The number of hydrogen-bond donors (Lipinski definition) is 1. The van der Waals surface area contributed by atoms with Gasteiger partial charge in [-0.2, -0.15) is 0 Å². The van der Waals surface area contributed by atoms with Gasteiger partial charge in [0.25, 0.3) is 0 Å². The van der Waals surface area contributed by atoms with Crippen molar-refractivity contribution in [1.29, 1.82) is 0 Å². The number of thioether (sulfide) groups is 1. The van der Waals surface area contributed by atoms with Crippen LogP contribution in [0.15, 0.2) is 29.4 Å². The molecule has 1 aromatic heterocycles. The first-order valence-electron chi connectivity index (χ1n) is 5.24. The zero-order valence-electron chi connectivity index (χ0n) is 8.88. The molecule has 4 nitrogen and oxygen atoms in total. The minimum Gasteiger partial charge on any atom is -0.390 e. The van der Waals surface area contributed by atoms with Gasteiger partial charge in [0.15, 0.2) is 11.0 Å². The highest BCUT2D eigenvalue weighted by Crippen LogP contribution is 2.31. The smallest absolute Gasteiger partial charge is 0.191 e. The van der Waals surface area contributed by atoms with Crippen LogP contribution in [0.2, 0.25) is 5.02 Å². The standard InChI is InChI=1S/C11H10ClN3OS/c12-9-4-2-1-3-8(9)10-13-14-11-15(10)5-7(16)6-17-11/h1-4,7,16H,5-6H2/t7-/m1/s1. The first-order valence-corrected chi connectivity index (χ1v) is 6.61. The SMILES string of the molecule is O[C@H]1CSc2nnc(-c3ccccc3Cl)n2C1. The van der Waals surface area contributed by atoms with Crippen LogP contribution in [0.4, 0.5) is 0 Å². The highest BCUT2D eigenvalue weighted by molar-refractivity contribution is 7.99. The topological polar surface area (TPSA) is 50.9 Å². The maximum absolute atomic E-state index is 9.68. The Kier molecular flexibility index (Phi) is 2.82. The van der Waals surface area contributed by atoms with Crippen molar-refractivity contribution in [2.45, 2.75) is 17.8 Å². The summed E-state index contributed by atoms with van der Waals surface area (Å²) in [5.74, 6) is 1.39. The maximum Gasteiger partial charge on any atom is 0.191 e. The number of hydrogen-bond acceptors (Lipinski definition) is 4. The van der Waals surface area contributed by atoms with E-state index in [2.05, 4.69) is 10.2 Å². The van der Waals surface area contributed by atoms with Crippen molar-refractivity contribution < 1.29 is 5.11 Å². The average molecular weight is 268 g/mol. The van der Waals surface area contributed by atoms with Crippen LogP contribution in [-0.4, -0.2) is 31.7 Å². The number of aliphatic hydroxyl groups is 1. The van der Waals surface area contributed by atoms with Gasteiger partial charge in [-0.25, -0.2) is 0 Å². The van der Waals surface area contributed by atoms with Gasteiger partial charge in [0.1, 0.15) is 0 Å². The molecular weight excluding hydrogens is 258 g/mol. The van der Waals surface area contributed by atoms with E-state index in [4.69, 9.17) is 11.6 Å². The van der Waals surface area contributed by atoms with E-state index < -0.39 is 0 Å². The number of aliphatic hydroxyl groups excluding tert-OH is 1. The van der Waals surface area contributed by atoms with Crippen molar-refractivity contribution >= 4 is 23.4 Å². The van der Waals surface area contributed by atoms with Gasteiger partial charge < -0.3 is 5.11 Å². The van der Waals surface area contributed by atoms with Crippen LogP contribution >= 0.6 is 23.4 Å².